The molecule has 19 heavy (non-hydrogen) atoms. The van der Waals surface area contributed by atoms with Gasteiger partial charge in [0.05, 0.1) is 6.61 Å². The van der Waals surface area contributed by atoms with Crippen LogP contribution in [-0.2, 0) is 4.74 Å². The molecule has 0 aliphatic heterocycles. The number of halogens is 1. The normalized spacial score (nSPS) is 11.9. The van der Waals surface area contributed by atoms with Crippen molar-refractivity contribution in [1.29, 1.82) is 0 Å². The summed E-state index contributed by atoms with van der Waals surface area (Å²) in [6.07, 6.45) is 4.20. The number of unbranched alkanes of at least 4 members (excludes halogenated alkanes) is 1. The van der Waals surface area contributed by atoms with Gasteiger partial charge in [-0.25, -0.2) is 4.79 Å². The van der Waals surface area contributed by atoms with E-state index in [1.54, 1.807) is 0 Å². The van der Waals surface area contributed by atoms with Gasteiger partial charge in [0.1, 0.15) is 0 Å². The molecule has 3 nitrogen and oxygen atoms in total. The molecule has 0 radical (unpaired) electrons. The molecule has 1 rings (SSSR count). The van der Waals surface area contributed by atoms with Gasteiger partial charge in [-0.2, -0.15) is 0 Å². The van der Waals surface area contributed by atoms with E-state index in [0.29, 0.717) is 12.5 Å². The Morgan fingerprint density at radius 3 is 2.58 bits per heavy atom. The summed E-state index contributed by atoms with van der Waals surface area (Å²) in [5, 5.41) is 2.74. The quantitative estimate of drug-likeness (QED) is 0.677. The maximum atomic E-state index is 11.7. The number of hydrogen-bond acceptors (Lipinski definition) is 2. The van der Waals surface area contributed by atoms with Gasteiger partial charge in [0.25, 0.3) is 0 Å². The number of benzene rings is 1. The van der Waals surface area contributed by atoms with Gasteiger partial charge in [-0.05, 0) is 59.2 Å². The molecule has 0 aromatic heterocycles. The summed E-state index contributed by atoms with van der Waals surface area (Å²) < 4.78 is 6.42. The highest BCUT2D eigenvalue weighted by Gasteiger charge is 2.09. The first-order valence-corrected chi connectivity index (χ1v) is 7.92. The summed E-state index contributed by atoms with van der Waals surface area (Å²) in [5.74, 6) is 0.474. The van der Waals surface area contributed by atoms with E-state index >= 15 is 0 Å². The van der Waals surface area contributed by atoms with Gasteiger partial charge in [0.15, 0.2) is 0 Å². The minimum atomic E-state index is -0.365. The van der Waals surface area contributed by atoms with Crippen LogP contribution in [0.15, 0.2) is 24.3 Å². The van der Waals surface area contributed by atoms with E-state index in [0.717, 1.165) is 22.1 Å². The van der Waals surface area contributed by atoms with Crippen molar-refractivity contribution in [2.24, 2.45) is 5.92 Å². The van der Waals surface area contributed by atoms with Crippen molar-refractivity contribution in [3.05, 3.63) is 27.8 Å². The second kappa shape index (κ2) is 9.18. The Hall–Kier alpha value is -0.780. The number of nitrogens with one attached hydrogen (secondary N) is 1. The van der Waals surface area contributed by atoms with Gasteiger partial charge >= 0.3 is 6.09 Å². The Balaban J connectivity index is 2.32. The second-order valence-corrected chi connectivity index (χ2v) is 5.89. The largest absolute Gasteiger partial charge is 0.449 e. The van der Waals surface area contributed by atoms with Gasteiger partial charge < -0.3 is 4.74 Å². The van der Waals surface area contributed by atoms with Gasteiger partial charge in [0.2, 0.25) is 0 Å². The zero-order valence-corrected chi connectivity index (χ0v) is 13.8. The molecule has 0 spiro atoms. The van der Waals surface area contributed by atoms with E-state index in [1.165, 1.54) is 12.8 Å². The van der Waals surface area contributed by atoms with Crippen molar-refractivity contribution in [2.45, 2.75) is 39.5 Å². The second-order valence-electron chi connectivity index (χ2n) is 4.65. The maximum Gasteiger partial charge on any atom is 0.411 e. The fraction of sp³-hybridized carbons (Fsp3) is 0.533. The highest BCUT2D eigenvalue weighted by atomic mass is 127. The molecule has 0 unspecified atom stereocenters. The van der Waals surface area contributed by atoms with E-state index < -0.39 is 0 Å². The molecule has 1 atom stereocenters. The highest BCUT2D eigenvalue weighted by molar-refractivity contribution is 14.1. The molecule has 0 heterocycles. The molecule has 0 bridgehead atoms. The number of carbonyl (C=O) groups is 1. The maximum absolute atomic E-state index is 11.7. The van der Waals surface area contributed by atoms with Crippen molar-refractivity contribution >= 4 is 34.4 Å². The molecule has 0 saturated heterocycles. The predicted octanol–water partition coefficient (Wildman–Crippen LogP) is 5.06. The molecule has 0 saturated carbocycles. The number of carbonyl (C=O) groups excluding carboxylic acids is 1. The van der Waals surface area contributed by atoms with Crippen molar-refractivity contribution < 1.29 is 9.53 Å². The predicted molar refractivity (Wildman–Crippen MR) is 87.4 cm³/mol. The van der Waals surface area contributed by atoms with Crippen LogP contribution in [0, 0.1) is 9.49 Å². The number of hydrogen-bond donors (Lipinski definition) is 1. The van der Waals surface area contributed by atoms with E-state index in [4.69, 9.17) is 4.74 Å². The Labute approximate surface area is 129 Å². The first-order valence-electron chi connectivity index (χ1n) is 6.85. The molecule has 1 N–H and O–H groups in total. The molecule has 0 fully saturated rings. The number of anilines is 1. The molecular weight excluding hydrogens is 353 g/mol. The van der Waals surface area contributed by atoms with E-state index in [2.05, 4.69) is 41.8 Å². The molecule has 0 aliphatic rings. The average molecular weight is 375 g/mol. The lowest BCUT2D eigenvalue weighted by Crippen LogP contribution is -2.18. The Morgan fingerprint density at radius 1 is 1.32 bits per heavy atom. The van der Waals surface area contributed by atoms with Crippen LogP contribution in [0.3, 0.4) is 0 Å². The lowest BCUT2D eigenvalue weighted by atomic mass is 10.0. The topological polar surface area (TPSA) is 38.3 Å². The highest BCUT2D eigenvalue weighted by Crippen LogP contribution is 2.14. The lowest BCUT2D eigenvalue weighted by Gasteiger charge is -2.15. The molecule has 1 amide bonds. The fourth-order valence-electron chi connectivity index (χ4n) is 1.78. The van der Waals surface area contributed by atoms with Crippen LogP contribution in [0.5, 0.6) is 0 Å². The Kier molecular flexibility index (Phi) is 7.86. The SMILES string of the molecule is CCCC[C@@H](CC)COC(=O)Nc1ccc(I)cc1. The third-order valence-electron chi connectivity index (χ3n) is 3.08. The fourth-order valence-corrected chi connectivity index (χ4v) is 2.14. The van der Waals surface area contributed by atoms with Crippen LogP contribution < -0.4 is 5.32 Å². The Morgan fingerprint density at radius 2 is 2.00 bits per heavy atom. The summed E-state index contributed by atoms with van der Waals surface area (Å²) in [7, 11) is 0. The van der Waals surface area contributed by atoms with Gasteiger partial charge in [-0.15, -0.1) is 0 Å². The number of ether oxygens (including phenoxy) is 1. The number of rotatable bonds is 7. The van der Waals surface area contributed by atoms with Crippen LogP contribution in [0.25, 0.3) is 0 Å². The molecule has 1 aromatic carbocycles. The van der Waals surface area contributed by atoms with Crippen molar-refractivity contribution in [1.82, 2.24) is 0 Å². The third-order valence-corrected chi connectivity index (χ3v) is 3.80. The zero-order valence-electron chi connectivity index (χ0n) is 11.6. The zero-order chi connectivity index (χ0) is 14.1. The Bertz CT molecular complexity index is 378. The van der Waals surface area contributed by atoms with Gasteiger partial charge in [-0.1, -0.05) is 33.1 Å². The minimum absolute atomic E-state index is 0.365. The van der Waals surface area contributed by atoms with Gasteiger partial charge in [-0.3, -0.25) is 5.32 Å². The third kappa shape index (κ3) is 6.80. The van der Waals surface area contributed by atoms with E-state index in [1.807, 2.05) is 24.3 Å². The lowest BCUT2D eigenvalue weighted by molar-refractivity contribution is 0.136. The summed E-state index contributed by atoms with van der Waals surface area (Å²) in [4.78, 5) is 11.7. The van der Waals surface area contributed by atoms with Crippen LogP contribution in [0.2, 0.25) is 0 Å². The summed E-state index contributed by atoms with van der Waals surface area (Å²) in [5.41, 5.74) is 0.770. The first-order chi connectivity index (χ1) is 9.15. The van der Waals surface area contributed by atoms with Crippen LogP contribution in [-0.4, -0.2) is 12.7 Å². The monoisotopic (exact) mass is 375 g/mol. The summed E-state index contributed by atoms with van der Waals surface area (Å²) in [6, 6.07) is 7.65. The summed E-state index contributed by atoms with van der Waals surface area (Å²) >= 11 is 2.23. The standard InChI is InChI=1S/C15H22INO2/c1-3-5-6-12(4-2)11-19-15(18)17-14-9-7-13(16)8-10-14/h7-10,12H,3-6,11H2,1-2H3,(H,17,18)/t12-/m1/s1. The van der Waals surface area contributed by atoms with Crippen LogP contribution in [0.4, 0.5) is 10.5 Å². The molecular formula is C15H22INO2. The molecule has 4 heteroatoms. The van der Waals surface area contributed by atoms with Crippen LogP contribution >= 0.6 is 22.6 Å². The van der Waals surface area contributed by atoms with Crippen molar-refractivity contribution in [2.75, 3.05) is 11.9 Å². The van der Waals surface area contributed by atoms with Crippen LogP contribution in [0.1, 0.15) is 39.5 Å². The van der Waals surface area contributed by atoms with Crippen molar-refractivity contribution in [3.8, 4) is 0 Å². The molecule has 0 aliphatic carbocycles. The average Bonchev–Trinajstić information content (AvgIpc) is 2.42. The molecule has 106 valence electrons. The van der Waals surface area contributed by atoms with E-state index in [-0.39, 0.29) is 6.09 Å². The smallest absolute Gasteiger partial charge is 0.411 e. The minimum Gasteiger partial charge on any atom is -0.449 e. The summed E-state index contributed by atoms with van der Waals surface area (Å²) in [6.45, 7) is 4.82. The molecule has 1 aromatic rings. The van der Waals surface area contributed by atoms with Crippen molar-refractivity contribution in [3.63, 3.8) is 0 Å². The van der Waals surface area contributed by atoms with Gasteiger partial charge in [0, 0.05) is 9.26 Å². The number of amides is 1. The first kappa shape index (κ1) is 16.3. The van der Waals surface area contributed by atoms with E-state index in [9.17, 15) is 4.79 Å².